The number of hydrogen-bond acceptors (Lipinski definition) is 3. The lowest BCUT2D eigenvalue weighted by molar-refractivity contribution is -0.140. The smallest absolute Gasteiger partial charge is 0.281 e. The summed E-state index contributed by atoms with van der Waals surface area (Å²) in [6.07, 6.45) is 4.58. The monoisotopic (exact) mass is 277 g/mol. The van der Waals surface area contributed by atoms with Crippen LogP contribution >= 0.6 is 0 Å². The molecule has 1 N–H and O–H groups in total. The Hall–Kier alpha value is -1.55. The number of nitrogens with one attached hydrogen (secondary N) is 1. The van der Waals surface area contributed by atoms with Crippen molar-refractivity contribution in [3.05, 3.63) is 29.8 Å². The average molecular weight is 277 g/mol. The average Bonchev–Trinajstić information content (AvgIpc) is 2.96. The van der Waals surface area contributed by atoms with Crippen molar-refractivity contribution in [2.24, 2.45) is 0 Å². The Morgan fingerprint density at radius 3 is 2.50 bits per heavy atom. The second-order valence-electron chi connectivity index (χ2n) is 5.56. The summed E-state index contributed by atoms with van der Waals surface area (Å²) in [5.74, 6) is 0.947. The quantitative estimate of drug-likeness (QED) is 0.812. The van der Waals surface area contributed by atoms with Gasteiger partial charge in [-0.1, -0.05) is 38.8 Å². The molecule has 0 aliphatic heterocycles. The number of amides is 1. The zero-order valence-corrected chi connectivity index (χ0v) is 12.2. The van der Waals surface area contributed by atoms with Crippen molar-refractivity contribution in [2.45, 2.75) is 51.6 Å². The molecule has 1 aliphatic carbocycles. The predicted octanol–water partition coefficient (Wildman–Crippen LogP) is 3.18. The van der Waals surface area contributed by atoms with Crippen LogP contribution in [0.5, 0.6) is 5.75 Å². The van der Waals surface area contributed by atoms with E-state index >= 15 is 0 Å². The number of ether oxygens (including phenoxy) is 1. The third-order valence-electron chi connectivity index (χ3n) is 3.56. The highest BCUT2D eigenvalue weighted by molar-refractivity contribution is 5.76. The zero-order chi connectivity index (χ0) is 14.4. The van der Waals surface area contributed by atoms with E-state index in [0.29, 0.717) is 11.7 Å². The molecule has 0 atom stereocenters. The molecule has 0 spiro atoms. The molecule has 0 unspecified atom stereocenters. The molecule has 0 aromatic heterocycles. The molecule has 20 heavy (non-hydrogen) atoms. The van der Waals surface area contributed by atoms with Crippen LogP contribution in [-0.4, -0.2) is 18.6 Å². The van der Waals surface area contributed by atoms with Gasteiger partial charge in [0.15, 0.2) is 6.61 Å². The van der Waals surface area contributed by atoms with Crippen LogP contribution in [0.1, 0.15) is 51.0 Å². The third kappa shape index (κ3) is 4.53. The van der Waals surface area contributed by atoms with Gasteiger partial charge in [0.05, 0.1) is 6.10 Å². The SMILES string of the molecule is CC(C)c1ccc(OCC(=O)NOC2CCCC2)cc1. The summed E-state index contributed by atoms with van der Waals surface area (Å²) in [7, 11) is 0. The van der Waals surface area contributed by atoms with Crippen molar-refractivity contribution in [1.82, 2.24) is 5.48 Å². The number of carbonyl (C=O) groups is 1. The van der Waals surface area contributed by atoms with Crippen molar-refractivity contribution in [3.8, 4) is 5.75 Å². The minimum atomic E-state index is -0.246. The number of carbonyl (C=O) groups excluding carboxylic acids is 1. The van der Waals surface area contributed by atoms with Crippen LogP contribution in [0.25, 0.3) is 0 Å². The maximum absolute atomic E-state index is 11.6. The topological polar surface area (TPSA) is 47.6 Å². The van der Waals surface area contributed by atoms with E-state index in [1.54, 1.807) is 0 Å². The molecule has 4 nitrogen and oxygen atoms in total. The predicted molar refractivity (Wildman–Crippen MR) is 77.5 cm³/mol. The molecule has 0 bridgehead atoms. The Kier molecular flexibility index (Phi) is 5.41. The molecule has 1 aromatic carbocycles. The fraction of sp³-hybridized carbons (Fsp3) is 0.562. The van der Waals surface area contributed by atoms with Crippen molar-refractivity contribution >= 4 is 5.91 Å². The molecule has 0 radical (unpaired) electrons. The molecule has 0 saturated heterocycles. The lowest BCUT2D eigenvalue weighted by atomic mass is 10.0. The summed E-state index contributed by atoms with van der Waals surface area (Å²) in [6.45, 7) is 4.26. The van der Waals surface area contributed by atoms with Crippen molar-refractivity contribution in [3.63, 3.8) is 0 Å². The Bertz CT molecular complexity index is 422. The highest BCUT2D eigenvalue weighted by Gasteiger charge is 2.16. The van der Waals surface area contributed by atoms with Crippen LogP contribution in [0.4, 0.5) is 0 Å². The third-order valence-corrected chi connectivity index (χ3v) is 3.56. The Morgan fingerprint density at radius 2 is 1.90 bits per heavy atom. The zero-order valence-electron chi connectivity index (χ0n) is 12.2. The molecule has 1 aromatic rings. The van der Waals surface area contributed by atoms with Crippen molar-refractivity contribution in [2.75, 3.05) is 6.61 Å². The maximum atomic E-state index is 11.6. The van der Waals surface area contributed by atoms with E-state index in [1.807, 2.05) is 24.3 Å². The van der Waals surface area contributed by atoms with Crippen LogP contribution in [0.15, 0.2) is 24.3 Å². The first-order valence-corrected chi connectivity index (χ1v) is 7.32. The highest BCUT2D eigenvalue weighted by Crippen LogP contribution is 2.20. The molecular formula is C16H23NO3. The lowest BCUT2D eigenvalue weighted by Crippen LogP contribution is -2.32. The first-order valence-electron chi connectivity index (χ1n) is 7.32. The number of hydrogen-bond donors (Lipinski definition) is 1. The fourth-order valence-corrected chi connectivity index (χ4v) is 2.28. The van der Waals surface area contributed by atoms with E-state index in [-0.39, 0.29) is 18.6 Å². The summed E-state index contributed by atoms with van der Waals surface area (Å²) < 4.78 is 5.43. The molecule has 1 amide bonds. The van der Waals surface area contributed by atoms with Crippen molar-refractivity contribution in [1.29, 1.82) is 0 Å². The van der Waals surface area contributed by atoms with E-state index in [1.165, 1.54) is 18.4 Å². The van der Waals surface area contributed by atoms with Gasteiger partial charge in [-0.25, -0.2) is 5.48 Å². The van der Waals surface area contributed by atoms with Gasteiger partial charge in [0.2, 0.25) is 0 Å². The molecule has 4 heteroatoms. The van der Waals surface area contributed by atoms with Crippen LogP contribution in [0.2, 0.25) is 0 Å². The largest absolute Gasteiger partial charge is 0.484 e. The van der Waals surface area contributed by atoms with Crippen LogP contribution in [0.3, 0.4) is 0 Å². The second kappa shape index (κ2) is 7.29. The molecule has 110 valence electrons. The number of benzene rings is 1. The first-order chi connectivity index (χ1) is 9.65. The lowest BCUT2D eigenvalue weighted by Gasteiger charge is -2.12. The first kappa shape index (κ1) is 14.9. The van der Waals surface area contributed by atoms with Crippen LogP contribution in [-0.2, 0) is 9.63 Å². The molecule has 1 saturated carbocycles. The van der Waals surface area contributed by atoms with E-state index in [9.17, 15) is 4.79 Å². The van der Waals surface area contributed by atoms with E-state index in [2.05, 4.69) is 19.3 Å². The fourth-order valence-electron chi connectivity index (χ4n) is 2.28. The normalized spacial score (nSPS) is 15.6. The molecule has 2 rings (SSSR count). The summed E-state index contributed by atoms with van der Waals surface area (Å²) >= 11 is 0. The second-order valence-corrected chi connectivity index (χ2v) is 5.56. The van der Waals surface area contributed by atoms with Crippen LogP contribution < -0.4 is 10.2 Å². The van der Waals surface area contributed by atoms with Gasteiger partial charge in [-0.3, -0.25) is 9.63 Å². The van der Waals surface area contributed by atoms with Crippen LogP contribution in [0, 0.1) is 0 Å². The van der Waals surface area contributed by atoms with E-state index in [4.69, 9.17) is 9.57 Å². The van der Waals surface area contributed by atoms with Gasteiger partial charge in [-0.15, -0.1) is 0 Å². The van der Waals surface area contributed by atoms with E-state index in [0.717, 1.165) is 12.8 Å². The Labute approximate surface area is 120 Å². The summed E-state index contributed by atoms with van der Waals surface area (Å²) in [4.78, 5) is 16.9. The summed E-state index contributed by atoms with van der Waals surface area (Å²) in [5.41, 5.74) is 3.72. The molecule has 1 fully saturated rings. The van der Waals surface area contributed by atoms with Gasteiger partial charge < -0.3 is 4.74 Å². The maximum Gasteiger partial charge on any atom is 0.281 e. The minimum absolute atomic E-state index is 0.0201. The minimum Gasteiger partial charge on any atom is -0.484 e. The van der Waals surface area contributed by atoms with Gasteiger partial charge in [0.1, 0.15) is 5.75 Å². The standard InChI is InChI=1S/C16H23NO3/c1-12(2)13-7-9-14(10-8-13)19-11-16(18)17-20-15-5-3-4-6-15/h7-10,12,15H,3-6,11H2,1-2H3,(H,17,18). The van der Waals surface area contributed by atoms with Gasteiger partial charge >= 0.3 is 0 Å². The van der Waals surface area contributed by atoms with Gasteiger partial charge in [-0.2, -0.15) is 0 Å². The number of hydroxylamine groups is 1. The van der Waals surface area contributed by atoms with Gasteiger partial charge in [-0.05, 0) is 36.5 Å². The molecule has 0 heterocycles. The van der Waals surface area contributed by atoms with Crippen molar-refractivity contribution < 1.29 is 14.4 Å². The number of rotatable bonds is 6. The summed E-state index contributed by atoms with van der Waals surface area (Å²) in [5, 5.41) is 0. The van der Waals surface area contributed by atoms with E-state index < -0.39 is 0 Å². The van der Waals surface area contributed by atoms with Gasteiger partial charge in [0.25, 0.3) is 5.91 Å². The van der Waals surface area contributed by atoms with Gasteiger partial charge in [0, 0.05) is 0 Å². The molecule has 1 aliphatic rings. The Balaban J connectivity index is 1.69. The highest BCUT2D eigenvalue weighted by atomic mass is 16.7. The Morgan fingerprint density at radius 1 is 1.25 bits per heavy atom. The molecular weight excluding hydrogens is 254 g/mol. The summed E-state index contributed by atoms with van der Waals surface area (Å²) in [6, 6.07) is 7.82.